The number of methoxy groups -OCH3 is 1. The van der Waals surface area contributed by atoms with Gasteiger partial charge in [0.15, 0.2) is 0 Å². The van der Waals surface area contributed by atoms with Crippen LogP contribution in [0.25, 0.3) is 10.9 Å². The molecule has 1 saturated heterocycles. The van der Waals surface area contributed by atoms with Gasteiger partial charge in [-0.1, -0.05) is 11.6 Å². The number of nitrogens with zero attached hydrogens (tertiary/aromatic N) is 2. The number of benzene rings is 1. The van der Waals surface area contributed by atoms with E-state index in [0.29, 0.717) is 35.1 Å². The molecular formula is C26H30ClFN2O3S. The molecule has 3 heterocycles. The van der Waals surface area contributed by atoms with Crippen molar-refractivity contribution in [2.75, 3.05) is 26.7 Å². The molecule has 0 bridgehead atoms. The molecule has 0 aliphatic carbocycles. The Balaban J connectivity index is 1.39. The number of pyridine rings is 1. The molecule has 1 aliphatic heterocycles. The van der Waals surface area contributed by atoms with Crippen molar-refractivity contribution in [3.63, 3.8) is 0 Å². The van der Waals surface area contributed by atoms with E-state index in [1.54, 1.807) is 36.6 Å². The van der Waals surface area contributed by atoms with Crippen LogP contribution in [0, 0.1) is 5.41 Å². The molecule has 0 radical (unpaired) electrons. The number of rotatable bonds is 10. The number of fused-ring (bicyclic) bond motifs is 1. The molecule has 0 saturated carbocycles. The number of likely N-dealkylation sites (tertiary alicyclic amines) is 1. The number of aryl methyl sites for hydroxylation is 1. The Labute approximate surface area is 208 Å². The van der Waals surface area contributed by atoms with Crippen LogP contribution in [0.15, 0.2) is 41.2 Å². The van der Waals surface area contributed by atoms with E-state index in [1.807, 2.05) is 0 Å². The van der Waals surface area contributed by atoms with Crippen LogP contribution in [-0.2, 0) is 11.2 Å². The zero-order chi connectivity index (χ0) is 24.1. The van der Waals surface area contributed by atoms with Crippen LogP contribution < -0.4 is 4.74 Å². The Morgan fingerprint density at radius 1 is 1.35 bits per heavy atom. The highest BCUT2D eigenvalue weighted by atomic mass is 35.5. The highest BCUT2D eigenvalue weighted by Crippen LogP contribution is 2.42. The molecule has 1 atom stereocenters. The molecule has 5 nitrogen and oxygen atoms in total. The van der Waals surface area contributed by atoms with Crippen molar-refractivity contribution in [1.82, 2.24) is 9.88 Å². The number of hydrogen-bond donors (Lipinski definition) is 1. The number of piperidine rings is 1. The van der Waals surface area contributed by atoms with Gasteiger partial charge in [-0.25, -0.2) is 4.39 Å². The fourth-order valence-corrected chi connectivity index (χ4v) is 5.85. The lowest BCUT2D eigenvalue weighted by Crippen LogP contribution is -2.44. The smallest absolute Gasteiger partial charge is 0.309 e. The third-order valence-corrected chi connectivity index (χ3v) is 8.08. The van der Waals surface area contributed by atoms with E-state index in [-0.39, 0.29) is 17.9 Å². The van der Waals surface area contributed by atoms with E-state index < -0.39 is 17.6 Å². The van der Waals surface area contributed by atoms with Gasteiger partial charge in [0, 0.05) is 17.1 Å². The van der Waals surface area contributed by atoms with Crippen LogP contribution in [-0.4, -0.2) is 47.7 Å². The summed E-state index contributed by atoms with van der Waals surface area (Å²) in [5.41, 5.74) is 1.45. The number of halogens is 2. The second-order valence-corrected chi connectivity index (χ2v) is 10.3. The Morgan fingerprint density at radius 3 is 2.82 bits per heavy atom. The van der Waals surface area contributed by atoms with E-state index in [1.165, 1.54) is 11.8 Å². The number of carbonyl (C=O) groups is 1. The van der Waals surface area contributed by atoms with Crippen molar-refractivity contribution in [2.45, 2.75) is 44.7 Å². The van der Waals surface area contributed by atoms with Gasteiger partial charge < -0.3 is 14.7 Å². The number of hydrogen-bond acceptors (Lipinski definition) is 5. The second kappa shape index (κ2) is 11.0. The maximum Gasteiger partial charge on any atom is 0.309 e. The first kappa shape index (κ1) is 24.9. The molecule has 4 rings (SSSR count). The molecule has 3 aromatic rings. The van der Waals surface area contributed by atoms with Gasteiger partial charge in [-0.3, -0.25) is 9.78 Å². The summed E-state index contributed by atoms with van der Waals surface area (Å²) in [5.74, 6) is -0.233. The predicted octanol–water partition coefficient (Wildman–Crippen LogP) is 6.55. The summed E-state index contributed by atoms with van der Waals surface area (Å²) in [7, 11) is 1.55. The van der Waals surface area contributed by atoms with Crippen molar-refractivity contribution in [3.05, 3.63) is 57.4 Å². The first-order chi connectivity index (χ1) is 16.4. The zero-order valence-electron chi connectivity index (χ0n) is 19.3. The lowest BCUT2D eigenvalue weighted by Gasteiger charge is -2.39. The zero-order valence-corrected chi connectivity index (χ0v) is 20.9. The summed E-state index contributed by atoms with van der Waals surface area (Å²) in [6, 6.07) is 7.43. The maximum atomic E-state index is 15.6. The molecular weight excluding hydrogens is 475 g/mol. The number of ether oxygens (including phenoxy) is 1. The van der Waals surface area contributed by atoms with E-state index in [4.69, 9.17) is 16.3 Å². The standard InChI is InChI=1S/C26H30ClFN2O3S/c1-33-19-4-5-23-20(15-19)24(21(27)16-29-23)22(28)6-8-26(25(31)32)9-12-30(13-10-26)11-2-3-18-7-14-34-17-18/h4-5,7,14-17,22H,2-3,6,8-13H2,1H3,(H,31,32)/t22-/m1/s1. The van der Waals surface area contributed by atoms with Crippen LogP contribution in [0.4, 0.5) is 4.39 Å². The number of carboxylic acid groups (broad SMARTS) is 1. The summed E-state index contributed by atoms with van der Waals surface area (Å²) in [6.45, 7) is 2.41. The van der Waals surface area contributed by atoms with E-state index in [9.17, 15) is 9.90 Å². The monoisotopic (exact) mass is 504 g/mol. The molecule has 1 N–H and O–H groups in total. The minimum atomic E-state index is -1.38. The number of carboxylic acids is 1. The average Bonchev–Trinajstić information content (AvgIpc) is 3.36. The quantitative estimate of drug-likeness (QED) is 0.339. The average molecular weight is 505 g/mol. The predicted molar refractivity (Wildman–Crippen MR) is 135 cm³/mol. The van der Waals surface area contributed by atoms with Crippen LogP contribution in [0.5, 0.6) is 5.75 Å². The van der Waals surface area contributed by atoms with Crippen molar-refractivity contribution < 1.29 is 19.0 Å². The summed E-state index contributed by atoms with van der Waals surface area (Å²) in [5, 5.41) is 15.2. The molecule has 8 heteroatoms. The van der Waals surface area contributed by atoms with Gasteiger partial charge in [0.2, 0.25) is 0 Å². The molecule has 1 fully saturated rings. The highest BCUT2D eigenvalue weighted by Gasteiger charge is 2.41. The van der Waals surface area contributed by atoms with Gasteiger partial charge in [-0.05, 0) is 98.7 Å². The summed E-state index contributed by atoms with van der Waals surface area (Å²) in [4.78, 5) is 18.9. The third kappa shape index (κ3) is 5.53. The molecule has 0 amide bonds. The van der Waals surface area contributed by atoms with Crippen molar-refractivity contribution >= 4 is 39.8 Å². The van der Waals surface area contributed by atoms with Crippen molar-refractivity contribution in [2.24, 2.45) is 5.41 Å². The minimum absolute atomic E-state index is 0.0977. The molecule has 182 valence electrons. The Hall–Kier alpha value is -2.22. The third-order valence-electron chi connectivity index (χ3n) is 7.04. The number of aliphatic carboxylic acids is 1. The Bertz CT molecular complexity index is 1120. The molecule has 1 aliphatic rings. The maximum absolute atomic E-state index is 15.6. The SMILES string of the molecule is COc1ccc2ncc(Cl)c([C@H](F)CCC3(C(=O)O)CCN(CCCc4ccsc4)CC3)c2c1. The molecule has 1 aromatic carbocycles. The van der Waals surface area contributed by atoms with Gasteiger partial charge >= 0.3 is 5.97 Å². The number of alkyl halides is 1. The lowest BCUT2D eigenvalue weighted by molar-refractivity contribution is -0.153. The van der Waals surface area contributed by atoms with E-state index in [0.717, 1.165) is 32.5 Å². The molecule has 34 heavy (non-hydrogen) atoms. The fourth-order valence-electron chi connectivity index (χ4n) is 4.88. The summed E-state index contributed by atoms with van der Waals surface area (Å²) < 4.78 is 20.9. The van der Waals surface area contributed by atoms with Crippen LogP contribution in [0.1, 0.15) is 49.4 Å². The van der Waals surface area contributed by atoms with Gasteiger partial charge in [0.05, 0.1) is 23.1 Å². The molecule has 2 aromatic heterocycles. The molecule has 0 unspecified atom stereocenters. The summed E-state index contributed by atoms with van der Waals surface area (Å²) >= 11 is 8.06. The normalized spacial score (nSPS) is 17.0. The topological polar surface area (TPSA) is 62.7 Å². The fraction of sp³-hybridized carbons (Fsp3) is 0.462. The van der Waals surface area contributed by atoms with Crippen LogP contribution in [0.3, 0.4) is 0 Å². The van der Waals surface area contributed by atoms with Crippen LogP contribution in [0.2, 0.25) is 5.02 Å². The highest BCUT2D eigenvalue weighted by molar-refractivity contribution is 7.07. The summed E-state index contributed by atoms with van der Waals surface area (Å²) in [6.07, 6.45) is 3.61. The Kier molecular flexibility index (Phi) is 8.06. The Morgan fingerprint density at radius 2 is 2.15 bits per heavy atom. The van der Waals surface area contributed by atoms with Crippen molar-refractivity contribution in [1.29, 1.82) is 0 Å². The van der Waals surface area contributed by atoms with Gasteiger partial charge in [-0.15, -0.1) is 0 Å². The van der Waals surface area contributed by atoms with Gasteiger partial charge in [0.1, 0.15) is 11.9 Å². The van der Waals surface area contributed by atoms with E-state index >= 15 is 4.39 Å². The largest absolute Gasteiger partial charge is 0.497 e. The first-order valence-electron chi connectivity index (χ1n) is 11.6. The number of aromatic nitrogens is 1. The van der Waals surface area contributed by atoms with E-state index in [2.05, 4.69) is 26.7 Å². The van der Waals surface area contributed by atoms with Crippen molar-refractivity contribution in [3.8, 4) is 5.75 Å². The minimum Gasteiger partial charge on any atom is -0.497 e. The van der Waals surface area contributed by atoms with Crippen LogP contribution >= 0.6 is 22.9 Å². The second-order valence-electron chi connectivity index (χ2n) is 9.07. The lowest BCUT2D eigenvalue weighted by atomic mass is 9.74. The number of thiophene rings is 1. The molecule has 0 spiro atoms. The van der Waals surface area contributed by atoms with Gasteiger partial charge in [0.25, 0.3) is 0 Å². The van der Waals surface area contributed by atoms with Gasteiger partial charge in [-0.2, -0.15) is 11.3 Å². The first-order valence-corrected chi connectivity index (χ1v) is 13.0.